The smallest absolute Gasteiger partial charge is 0.306 e. The van der Waals surface area contributed by atoms with Gasteiger partial charge in [0.05, 0.1) is 0 Å². The molecule has 0 aromatic rings. The molecule has 6 heteroatoms. The molecule has 0 spiro atoms. The Morgan fingerprint density at radius 2 is 0.537 bits per heavy atom. The van der Waals surface area contributed by atoms with Crippen LogP contribution in [-0.4, -0.2) is 37.2 Å². The third kappa shape index (κ3) is 53.7. The number of carbonyl (C=O) groups is 3. The third-order valence-corrected chi connectivity index (χ3v) is 12.2. The number of hydrogen-bond acceptors (Lipinski definition) is 6. The van der Waals surface area contributed by atoms with Crippen LogP contribution in [0.5, 0.6) is 0 Å². The van der Waals surface area contributed by atoms with Crippen LogP contribution in [0, 0.1) is 0 Å². The van der Waals surface area contributed by atoms with Crippen LogP contribution in [0.2, 0.25) is 0 Å². The topological polar surface area (TPSA) is 78.9 Å². The van der Waals surface area contributed by atoms with E-state index in [1.54, 1.807) is 0 Å². The first kappa shape index (κ1) is 63.8. The Morgan fingerprint density at radius 1 is 0.299 bits per heavy atom. The second-order valence-electron chi connectivity index (χ2n) is 18.8. The lowest BCUT2D eigenvalue weighted by atomic mass is 10.1. The number of carbonyl (C=O) groups excluding carboxylic acids is 3. The maximum Gasteiger partial charge on any atom is 0.306 e. The maximum atomic E-state index is 12.8. The molecule has 0 aliphatic rings. The predicted molar refractivity (Wildman–Crippen MR) is 288 cm³/mol. The van der Waals surface area contributed by atoms with Crippen molar-refractivity contribution in [2.45, 2.75) is 284 Å². The molecule has 67 heavy (non-hydrogen) atoms. The summed E-state index contributed by atoms with van der Waals surface area (Å²) in [6.07, 6.45) is 70.3. The van der Waals surface area contributed by atoms with Gasteiger partial charge in [-0.15, -0.1) is 0 Å². The van der Waals surface area contributed by atoms with E-state index in [9.17, 15) is 14.4 Å². The Labute approximate surface area is 414 Å². The summed E-state index contributed by atoms with van der Waals surface area (Å²) in [5.41, 5.74) is 0. The van der Waals surface area contributed by atoms with Gasteiger partial charge in [0.2, 0.25) is 0 Å². The van der Waals surface area contributed by atoms with Gasteiger partial charge in [0.25, 0.3) is 0 Å². The molecule has 6 nitrogen and oxygen atoms in total. The minimum absolute atomic E-state index is 0.0897. The van der Waals surface area contributed by atoms with Crippen LogP contribution in [0.15, 0.2) is 72.9 Å². The lowest BCUT2D eigenvalue weighted by Crippen LogP contribution is -2.30. The van der Waals surface area contributed by atoms with Gasteiger partial charge < -0.3 is 14.2 Å². The normalized spacial score (nSPS) is 12.6. The molecule has 0 N–H and O–H groups in total. The summed E-state index contributed by atoms with van der Waals surface area (Å²) < 4.78 is 16.8. The second kappa shape index (κ2) is 55.4. The molecular weight excluding hydrogens is 829 g/mol. The standard InChI is InChI=1S/C61H106O6/c1-4-7-10-13-16-19-22-25-27-29-30-31-32-33-35-36-39-42-45-48-51-54-60(63)66-57-58(56-65-59(62)53-50-47-44-41-38-24-21-18-15-12-9-6-3)67-61(64)55-52-49-46-43-40-37-34-28-26-23-20-17-14-11-8-5-2/h18,20-23,25,28-30,32-34,58H,4-17,19,24,26-27,31,35-57H2,1-3H3/b21-18-,23-20-,25-22-,30-29-,33-32-,34-28-. The molecule has 0 bridgehead atoms. The molecule has 0 radical (unpaired) electrons. The van der Waals surface area contributed by atoms with Gasteiger partial charge in [-0.3, -0.25) is 14.4 Å². The summed E-state index contributed by atoms with van der Waals surface area (Å²) in [5.74, 6) is -0.919. The Hall–Kier alpha value is -3.15. The van der Waals surface area contributed by atoms with Crippen molar-refractivity contribution in [1.29, 1.82) is 0 Å². The van der Waals surface area contributed by atoms with Crippen molar-refractivity contribution in [2.24, 2.45) is 0 Å². The largest absolute Gasteiger partial charge is 0.462 e. The molecule has 0 saturated carbocycles. The first-order chi connectivity index (χ1) is 33.0. The van der Waals surface area contributed by atoms with Gasteiger partial charge in [0.15, 0.2) is 6.10 Å². The molecule has 0 fully saturated rings. The fraction of sp³-hybridized carbons (Fsp3) is 0.754. The summed E-state index contributed by atoms with van der Waals surface area (Å²) in [6.45, 7) is 6.57. The van der Waals surface area contributed by atoms with E-state index in [4.69, 9.17) is 14.2 Å². The molecule has 0 aromatic heterocycles. The van der Waals surface area contributed by atoms with E-state index in [1.165, 1.54) is 128 Å². The quantitative estimate of drug-likeness (QED) is 0.0262. The Balaban J connectivity index is 4.40. The highest BCUT2D eigenvalue weighted by Crippen LogP contribution is 2.14. The van der Waals surface area contributed by atoms with Gasteiger partial charge in [0.1, 0.15) is 13.2 Å². The maximum absolute atomic E-state index is 12.8. The molecule has 0 rings (SSSR count). The summed E-state index contributed by atoms with van der Waals surface area (Å²) >= 11 is 0. The van der Waals surface area contributed by atoms with Crippen molar-refractivity contribution >= 4 is 17.9 Å². The van der Waals surface area contributed by atoms with Crippen molar-refractivity contribution in [3.05, 3.63) is 72.9 Å². The van der Waals surface area contributed by atoms with Crippen LogP contribution >= 0.6 is 0 Å². The highest BCUT2D eigenvalue weighted by molar-refractivity contribution is 5.71. The van der Waals surface area contributed by atoms with Gasteiger partial charge in [-0.2, -0.15) is 0 Å². The Morgan fingerprint density at radius 3 is 0.896 bits per heavy atom. The van der Waals surface area contributed by atoms with Crippen molar-refractivity contribution in [1.82, 2.24) is 0 Å². The number of allylic oxidation sites excluding steroid dienone is 12. The third-order valence-electron chi connectivity index (χ3n) is 12.2. The van der Waals surface area contributed by atoms with E-state index in [1.807, 2.05) is 0 Å². The molecule has 0 saturated heterocycles. The minimum Gasteiger partial charge on any atom is -0.462 e. The molecule has 1 atom stereocenters. The summed E-state index contributed by atoms with van der Waals surface area (Å²) in [5, 5.41) is 0. The van der Waals surface area contributed by atoms with E-state index in [0.717, 1.165) is 109 Å². The van der Waals surface area contributed by atoms with Crippen LogP contribution in [0.1, 0.15) is 278 Å². The van der Waals surface area contributed by atoms with Crippen molar-refractivity contribution < 1.29 is 28.6 Å². The number of hydrogen-bond donors (Lipinski definition) is 0. The van der Waals surface area contributed by atoms with Crippen molar-refractivity contribution in [3.8, 4) is 0 Å². The van der Waals surface area contributed by atoms with Gasteiger partial charge in [0, 0.05) is 19.3 Å². The molecule has 0 heterocycles. The number of unbranched alkanes of at least 4 members (excludes halogenated alkanes) is 28. The minimum atomic E-state index is -0.792. The van der Waals surface area contributed by atoms with E-state index in [-0.39, 0.29) is 31.1 Å². The van der Waals surface area contributed by atoms with Crippen LogP contribution in [0.3, 0.4) is 0 Å². The Bertz CT molecular complexity index is 1260. The van der Waals surface area contributed by atoms with Crippen LogP contribution in [0.25, 0.3) is 0 Å². The first-order valence-corrected chi connectivity index (χ1v) is 28.4. The fourth-order valence-corrected chi connectivity index (χ4v) is 7.83. The zero-order chi connectivity index (χ0) is 48.6. The van der Waals surface area contributed by atoms with Crippen molar-refractivity contribution in [3.63, 3.8) is 0 Å². The number of rotatable bonds is 51. The molecule has 386 valence electrons. The van der Waals surface area contributed by atoms with E-state index < -0.39 is 6.10 Å². The van der Waals surface area contributed by atoms with Crippen LogP contribution in [0.4, 0.5) is 0 Å². The monoisotopic (exact) mass is 935 g/mol. The average Bonchev–Trinajstić information content (AvgIpc) is 3.33. The van der Waals surface area contributed by atoms with E-state index >= 15 is 0 Å². The highest BCUT2D eigenvalue weighted by Gasteiger charge is 2.19. The van der Waals surface area contributed by atoms with Crippen molar-refractivity contribution in [2.75, 3.05) is 13.2 Å². The molecule has 0 aromatic carbocycles. The number of ether oxygens (including phenoxy) is 3. The zero-order valence-electron chi connectivity index (χ0n) is 44.2. The highest BCUT2D eigenvalue weighted by atomic mass is 16.6. The van der Waals surface area contributed by atoms with Gasteiger partial charge in [-0.05, 0) is 116 Å². The predicted octanol–water partition coefficient (Wildman–Crippen LogP) is 19.0. The Kier molecular flexibility index (Phi) is 52.8. The molecular formula is C61H106O6. The fourth-order valence-electron chi connectivity index (χ4n) is 7.83. The van der Waals surface area contributed by atoms with E-state index in [0.29, 0.717) is 19.3 Å². The van der Waals surface area contributed by atoms with Gasteiger partial charge in [-0.1, -0.05) is 216 Å². The second-order valence-corrected chi connectivity index (χ2v) is 18.8. The summed E-state index contributed by atoms with van der Waals surface area (Å²) in [6, 6.07) is 0. The van der Waals surface area contributed by atoms with E-state index in [2.05, 4.69) is 93.7 Å². The molecule has 0 aliphatic heterocycles. The first-order valence-electron chi connectivity index (χ1n) is 28.4. The summed E-state index contributed by atoms with van der Waals surface area (Å²) in [7, 11) is 0. The molecule has 0 aliphatic carbocycles. The van der Waals surface area contributed by atoms with Gasteiger partial charge >= 0.3 is 17.9 Å². The lowest BCUT2D eigenvalue weighted by molar-refractivity contribution is -0.167. The lowest BCUT2D eigenvalue weighted by Gasteiger charge is -2.18. The van der Waals surface area contributed by atoms with Crippen LogP contribution < -0.4 is 0 Å². The molecule has 0 amide bonds. The number of esters is 3. The SMILES string of the molecule is CCCCC/C=C\CCCCCCCC(=O)OCC(COC(=O)CCCCCCCC/C=C\C/C=C\C/C=C\CCCCCCC)OC(=O)CCCCCCC/C=C\C/C=C\CCCCCC. The molecule has 1 unspecified atom stereocenters. The average molecular weight is 936 g/mol. The van der Waals surface area contributed by atoms with Crippen LogP contribution in [-0.2, 0) is 28.6 Å². The summed E-state index contributed by atoms with van der Waals surface area (Å²) in [4.78, 5) is 38.1. The zero-order valence-corrected chi connectivity index (χ0v) is 44.2. The van der Waals surface area contributed by atoms with Gasteiger partial charge in [-0.25, -0.2) is 0 Å².